The van der Waals surface area contributed by atoms with Crippen LogP contribution in [-0.2, 0) is 4.79 Å². The quantitative estimate of drug-likeness (QED) is 0.863. The van der Waals surface area contributed by atoms with Gasteiger partial charge in [-0.05, 0) is 37.1 Å². The maximum absolute atomic E-state index is 13.6. The average molecular weight is 359 g/mol. The van der Waals surface area contributed by atoms with Gasteiger partial charge in [0.15, 0.2) is 0 Å². The van der Waals surface area contributed by atoms with Crippen molar-refractivity contribution < 1.29 is 18.4 Å². The van der Waals surface area contributed by atoms with Crippen LogP contribution in [0.1, 0.15) is 23.2 Å². The number of nitrogens with one attached hydrogen (secondary N) is 2. The van der Waals surface area contributed by atoms with Gasteiger partial charge in [-0.15, -0.1) is 0 Å². The van der Waals surface area contributed by atoms with Crippen molar-refractivity contribution in [3.8, 4) is 0 Å². The highest BCUT2D eigenvalue weighted by Crippen LogP contribution is 2.28. The molecule has 1 aliphatic rings. The molecular weight excluding hydrogens is 340 g/mol. The molecule has 3 rings (SSSR count). The van der Waals surface area contributed by atoms with Gasteiger partial charge in [-0.2, -0.15) is 0 Å². The van der Waals surface area contributed by atoms with Crippen molar-refractivity contribution in [2.75, 3.05) is 29.9 Å². The summed E-state index contributed by atoms with van der Waals surface area (Å²) < 4.78 is 26.5. The molecule has 1 heterocycles. The van der Waals surface area contributed by atoms with Crippen LogP contribution < -0.4 is 15.5 Å². The van der Waals surface area contributed by atoms with E-state index < -0.39 is 23.4 Å². The molecule has 0 radical (unpaired) electrons. The van der Waals surface area contributed by atoms with Gasteiger partial charge in [0, 0.05) is 19.2 Å². The number of hydrogen-bond acceptors (Lipinski definition) is 3. The number of carbonyl (C=O) groups excluding carboxylic acids is 2. The van der Waals surface area contributed by atoms with Crippen LogP contribution in [-0.4, -0.2) is 31.4 Å². The minimum Gasteiger partial charge on any atom is -0.370 e. The van der Waals surface area contributed by atoms with Crippen LogP contribution in [0.15, 0.2) is 42.5 Å². The Bertz CT molecular complexity index is 820. The number of para-hydroxylation sites is 2. The summed E-state index contributed by atoms with van der Waals surface area (Å²) in [5.41, 5.74) is 1.30. The fourth-order valence-corrected chi connectivity index (χ4v) is 2.94. The van der Waals surface area contributed by atoms with Crippen molar-refractivity contribution in [1.82, 2.24) is 5.32 Å². The lowest BCUT2D eigenvalue weighted by Gasteiger charge is -2.21. The highest BCUT2D eigenvalue weighted by atomic mass is 19.1. The molecule has 0 unspecified atom stereocenters. The first-order valence-electron chi connectivity index (χ1n) is 8.41. The average Bonchev–Trinajstić information content (AvgIpc) is 3.14. The molecule has 5 nitrogen and oxygen atoms in total. The Morgan fingerprint density at radius 1 is 1.04 bits per heavy atom. The summed E-state index contributed by atoms with van der Waals surface area (Å²) in [6.45, 7) is 1.56. The van der Waals surface area contributed by atoms with Gasteiger partial charge < -0.3 is 15.5 Å². The molecule has 136 valence electrons. The molecule has 7 heteroatoms. The van der Waals surface area contributed by atoms with E-state index in [1.165, 1.54) is 0 Å². The van der Waals surface area contributed by atoms with Gasteiger partial charge in [-0.3, -0.25) is 9.59 Å². The van der Waals surface area contributed by atoms with Gasteiger partial charge in [0.05, 0.1) is 23.5 Å². The third kappa shape index (κ3) is 4.17. The van der Waals surface area contributed by atoms with Crippen molar-refractivity contribution in [3.05, 3.63) is 59.7 Å². The van der Waals surface area contributed by atoms with E-state index in [0.29, 0.717) is 11.8 Å². The molecule has 2 amide bonds. The van der Waals surface area contributed by atoms with Crippen LogP contribution in [0.3, 0.4) is 0 Å². The molecule has 1 saturated heterocycles. The molecule has 0 spiro atoms. The van der Waals surface area contributed by atoms with Crippen molar-refractivity contribution in [2.24, 2.45) is 0 Å². The molecule has 1 aliphatic heterocycles. The van der Waals surface area contributed by atoms with Crippen LogP contribution in [0.25, 0.3) is 0 Å². The Morgan fingerprint density at radius 3 is 2.50 bits per heavy atom. The second kappa shape index (κ2) is 7.95. The molecule has 2 aromatic rings. The Morgan fingerprint density at radius 2 is 1.77 bits per heavy atom. The second-order valence-electron chi connectivity index (χ2n) is 6.07. The SMILES string of the molecule is O=C(CNC(=O)c1ccc(F)cc1F)Nc1ccccc1N1CCCC1. The third-order valence-electron chi connectivity index (χ3n) is 4.21. The Kier molecular flexibility index (Phi) is 5.46. The lowest BCUT2D eigenvalue weighted by atomic mass is 10.2. The van der Waals surface area contributed by atoms with E-state index in [0.717, 1.165) is 43.8 Å². The van der Waals surface area contributed by atoms with E-state index in [1.807, 2.05) is 18.2 Å². The minimum atomic E-state index is -0.970. The first kappa shape index (κ1) is 17.8. The zero-order valence-electron chi connectivity index (χ0n) is 14.1. The number of hydrogen-bond donors (Lipinski definition) is 2. The number of benzene rings is 2. The van der Waals surface area contributed by atoms with E-state index in [9.17, 15) is 18.4 Å². The van der Waals surface area contributed by atoms with E-state index in [1.54, 1.807) is 6.07 Å². The van der Waals surface area contributed by atoms with Crippen molar-refractivity contribution in [3.63, 3.8) is 0 Å². The number of amides is 2. The predicted molar refractivity (Wildman–Crippen MR) is 95.2 cm³/mol. The summed E-state index contributed by atoms with van der Waals surface area (Å²) >= 11 is 0. The molecular formula is C19H19F2N3O2. The van der Waals surface area contributed by atoms with Crippen LogP contribution in [0.5, 0.6) is 0 Å². The van der Waals surface area contributed by atoms with Gasteiger partial charge in [-0.1, -0.05) is 12.1 Å². The molecule has 1 fully saturated rings. The fourth-order valence-electron chi connectivity index (χ4n) is 2.94. The summed E-state index contributed by atoms with van der Waals surface area (Å²) in [5.74, 6) is -2.93. The highest BCUT2D eigenvalue weighted by molar-refractivity contribution is 6.00. The Balaban J connectivity index is 1.60. The second-order valence-corrected chi connectivity index (χ2v) is 6.07. The van der Waals surface area contributed by atoms with Gasteiger partial charge in [0.1, 0.15) is 11.6 Å². The molecule has 2 aromatic carbocycles. The Labute approximate surface area is 150 Å². The summed E-state index contributed by atoms with van der Waals surface area (Å²) in [6.07, 6.45) is 2.23. The van der Waals surface area contributed by atoms with Crippen LogP contribution in [0.2, 0.25) is 0 Å². The van der Waals surface area contributed by atoms with Crippen LogP contribution in [0, 0.1) is 11.6 Å². The number of nitrogens with zero attached hydrogens (tertiary/aromatic N) is 1. The summed E-state index contributed by atoms with van der Waals surface area (Å²) in [4.78, 5) is 26.3. The zero-order valence-corrected chi connectivity index (χ0v) is 14.1. The standard InChI is InChI=1S/C19H19F2N3O2/c20-13-7-8-14(15(21)11-13)19(26)22-12-18(25)23-16-5-1-2-6-17(16)24-9-3-4-10-24/h1-2,5-8,11H,3-4,9-10,12H2,(H,22,26)(H,23,25). The first-order chi connectivity index (χ1) is 12.5. The largest absolute Gasteiger partial charge is 0.370 e. The smallest absolute Gasteiger partial charge is 0.254 e. The topological polar surface area (TPSA) is 61.4 Å². The minimum absolute atomic E-state index is 0.309. The Hall–Kier alpha value is -2.96. The zero-order chi connectivity index (χ0) is 18.5. The lowest BCUT2D eigenvalue weighted by molar-refractivity contribution is -0.115. The summed E-state index contributed by atoms with van der Waals surface area (Å²) in [5, 5.41) is 5.11. The molecule has 2 N–H and O–H groups in total. The van der Waals surface area contributed by atoms with E-state index in [4.69, 9.17) is 0 Å². The maximum atomic E-state index is 13.6. The number of rotatable bonds is 5. The summed E-state index contributed by atoms with van der Waals surface area (Å²) in [6, 6.07) is 10.1. The maximum Gasteiger partial charge on any atom is 0.254 e. The first-order valence-corrected chi connectivity index (χ1v) is 8.41. The predicted octanol–water partition coefficient (Wildman–Crippen LogP) is 2.93. The monoisotopic (exact) mass is 359 g/mol. The van der Waals surface area contributed by atoms with E-state index >= 15 is 0 Å². The van der Waals surface area contributed by atoms with E-state index in [2.05, 4.69) is 15.5 Å². The van der Waals surface area contributed by atoms with Gasteiger partial charge in [0.2, 0.25) is 5.91 Å². The molecule has 0 atom stereocenters. The number of anilines is 2. The molecule has 26 heavy (non-hydrogen) atoms. The van der Waals surface area contributed by atoms with Gasteiger partial charge in [-0.25, -0.2) is 8.78 Å². The fraction of sp³-hybridized carbons (Fsp3) is 0.263. The molecule has 0 saturated carbocycles. The van der Waals surface area contributed by atoms with Crippen molar-refractivity contribution >= 4 is 23.2 Å². The third-order valence-corrected chi connectivity index (χ3v) is 4.21. The molecule has 0 aliphatic carbocycles. The van der Waals surface area contributed by atoms with Crippen molar-refractivity contribution in [2.45, 2.75) is 12.8 Å². The van der Waals surface area contributed by atoms with Gasteiger partial charge >= 0.3 is 0 Å². The lowest BCUT2D eigenvalue weighted by Crippen LogP contribution is -2.33. The van der Waals surface area contributed by atoms with Crippen molar-refractivity contribution in [1.29, 1.82) is 0 Å². The molecule has 0 bridgehead atoms. The summed E-state index contributed by atoms with van der Waals surface area (Å²) in [7, 11) is 0. The number of carbonyl (C=O) groups is 2. The van der Waals surface area contributed by atoms with Crippen LogP contribution in [0.4, 0.5) is 20.2 Å². The van der Waals surface area contributed by atoms with E-state index in [-0.39, 0.29) is 12.1 Å². The van der Waals surface area contributed by atoms with Crippen LogP contribution >= 0.6 is 0 Å². The normalized spacial score (nSPS) is 13.5. The molecule has 0 aromatic heterocycles. The van der Waals surface area contributed by atoms with Gasteiger partial charge in [0.25, 0.3) is 5.91 Å². The highest BCUT2D eigenvalue weighted by Gasteiger charge is 2.17. The number of halogens is 2.